The highest BCUT2D eigenvalue weighted by Crippen LogP contribution is 2.42. The minimum Gasteiger partial charge on any atom is -0.455 e. The topological polar surface area (TPSA) is 21.9 Å². The fourth-order valence-electron chi connectivity index (χ4n) is 5.91. The van der Waals surface area contributed by atoms with Gasteiger partial charge in [0.25, 0.3) is 5.82 Å². The minimum atomic E-state index is -3.56. The van der Waals surface area contributed by atoms with Crippen LogP contribution in [0.5, 0.6) is 0 Å². The summed E-state index contributed by atoms with van der Waals surface area (Å²) in [5, 5.41) is 3.40. The maximum atomic E-state index is 9.37. The Bertz CT molecular complexity index is 2540. The van der Waals surface area contributed by atoms with E-state index in [9.17, 15) is 2.74 Å². The molecule has 40 heavy (non-hydrogen) atoms. The summed E-state index contributed by atoms with van der Waals surface area (Å²) < 4.78 is 130. The summed E-state index contributed by atoms with van der Waals surface area (Å²) in [5.74, 6) is -6.64. The first kappa shape index (κ1) is 13.8. The average molecular weight is 538 g/mol. The van der Waals surface area contributed by atoms with Crippen molar-refractivity contribution in [3.8, 4) is 17.1 Å². The second-order valence-electron chi connectivity index (χ2n) is 10.1. The van der Waals surface area contributed by atoms with Crippen LogP contribution in [0.15, 0.2) is 95.4 Å². The molecule has 5 aromatic carbocycles. The van der Waals surface area contributed by atoms with Gasteiger partial charge in [0.2, 0.25) is 0 Å². The van der Waals surface area contributed by atoms with Gasteiger partial charge in [-0.25, -0.2) is 4.57 Å². The summed E-state index contributed by atoms with van der Waals surface area (Å²) in [7, 11) is 1.70. The van der Waals surface area contributed by atoms with Crippen molar-refractivity contribution in [3.05, 3.63) is 108 Å². The van der Waals surface area contributed by atoms with Gasteiger partial charge in [-0.05, 0) is 59.3 Å². The Morgan fingerprint density at radius 3 is 2.17 bits per heavy atom. The number of aromatic nitrogens is 2. The van der Waals surface area contributed by atoms with Gasteiger partial charge in [-0.2, -0.15) is 4.57 Å². The first-order valence-corrected chi connectivity index (χ1v) is 12.9. The van der Waals surface area contributed by atoms with Crippen molar-refractivity contribution in [2.45, 2.75) is 46.1 Å². The van der Waals surface area contributed by atoms with Crippen LogP contribution in [0.2, 0.25) is 0 Å². The second-order valence-corrected chi connectivity index (χ2v) is 10.1. The van der Waals surface area contributed by atoms with Gasteiger partial charge in [-0.1, -0.05) is 94.1 Å². The lowest BCUT2D eigenvalue weighted by molar-refractivity contribution is -0.633. The second kappa shape index (κ2) is 9.09. The molecule has 7 aromatic rings. The summed E-state index contributed by atoms with van der Waals surface area (Å²) in [5.41, 5.74) is 0.927. The SMILES string of the molecule is [2H]C([2H])([2H])C([2H])(c1cccc(C([2H])(C([2H])([2H])[2H])C([2H])([2H])[2H])c1-n1c(-c2c(C)ccc3c2oc2cc4ccccc4cc23)[n+](C)c2ccccc21)C([2H])([2H])[2H]. The molecule has 0 atom stereocenters. The lowest BCUT2D eigenvalue weighted by Gasteiger charge is -2.18. The van der Waals surface area contributed by atoms with E-state index < -0.39 is 56.0 Å². The van der Waals surface area contributed by atoms with Crippen LogP contribution in [-0.4, -0.2) is 4.57 Å². The Kier molecular flexibility index (Phi) is 3.14. The molecule has 2 heterocycles. The largest absolute Gasteiger partial charge is 0.455 e. The number of benzene rings is 5. The van der Waals surface area contributed by atoms with Gasteiger partial charge in [-0.3, -0.25) is 0 Å². The van der Waals surface area contributed by atoms with Crippen molar-refractivity contribution in [1.82, 2.24) is 4.57 Å². The molecule has 7 rings (SSSR count). The lowest BCUT2D eigenvalue weighted by atomic mass is 9.92. The van der Waals surface area contributed by atoms with E-state index in [1.807, 2.05) is 55.5 Å². The highest BCUT2D eigenvalue weighted by Gasteiger charge is 2.33. The van der Waals surface area contributed by atoms with Crippen LogP contribution in [0.1, 0.15) is 75.1 Å². The van der Waals surface area contributed by atoms with Gasteiger partial charge >= 0.3 is 0 Å². The average Bonchev–Trinajstić information content (AvgIpc) is 3.57. The number of imidazole rings is 1. The summed E-state index contributed by atoms with van der Waals surface area (Å²) in [6.07, 6.45) is 0. The third-order valence-corrected chi connectivity index (χ3v) is 7.75. The fourth-order valence-corrected chi connectivity index (χ4v) is 5.91. The van der Waals surface area contributed by atoms with Gasteiger partial charge in [0.1, 0.15) is 16.8 Å². The maximum absolute atomic E-state index is 9.37. The van der Waals surface area contributed by atoms with Crippen LogP contribution < -0.4 is 4.57 Å². The van der Waals surface area contributed by atoms with E-state index in [0.717, 1.165) is 34.4 Å². The van der Waals surface area contributed by atoms with Crippen LogP contribution in [0.25, 0.3) is 60.8 Å². The summed E-state index contributed by atoms with van der Waals surface area (Å²) in [6, 6.07) is 25.5. The molecule has 2 aromatic heterocycles. The number of para-hydroxylation sites is 3. The zero-order valence-corrected chi connectivity index (χ0v) is 22.0. The molecular weight excluding hydrogens is 488 g/mol. The zero-order valence-electron chi connectivity index (χ0n) is 36.0. The molecule has 0 aliphatic rings. The number of furan rings is 1. The number of rotatable bonds is 4. The third-order valence-electron chi connectivity index (χ3n) is 7.75. The van der Waals surface area contributed by atoms with E-state index in [2.05, 4.69) is 0 Å². The van der Waals surface area contributed by atoms with Crippen molar-refractivity contribution < 1.29 is 28.2 Å². The standard InChI is InChI=1S/C37H35N2O/c1-22(2)27-14-11-15-28(23(3)4)35(27)39-32-17-10-9-16-31(32)38(6)37(39)34-24(5)18-19-29-30-20-25-12-7-8-13-26(25)21-33(30)40-36(29)34/h7-23H,1-6H3/q+1/i1D3,2D3,3D3,4D3,22D,23D. The summed E-state index contributed by atoms with van der Waals surface area (Å²) >= 11 is 0. The van der Waals surface area contributed by atoms with Crippen LogP contribution in [0.4, 0.5) is 0 Å². The van der Waals surface area contributed by atoms with Crippen molar-refractivity contribution in [1.29, 1.82) is 0 Å². The Morgan fingerprint density at radius 2 is 1.45 bits per heavy atom. The quantitative estimate of drug-likeness (QED) is 0.205. The van der Waals surface area contributed by atoms with E-state index in [1.165, 1.54) is 4.57 Å². The van der Waals surface area contributed by atoms with Gasteiger partial charge in [0.15, 0.2) is 16.6 Å². The molecule has 3 nitrogen and oxygen atoms in total. The van der Waals surface area contributed by atoms with Gasteiger partial charge in [0.05, 0.1) is 7.05 Å². The summed E-state index contributed by atoms with van der Waals surface area (Å²) in [6.45, 7) is -12.4. The molecule has 198 valence electrons. The Hall–Kier alpha value is -4.37. The summed E-state index contributed by atoms with van der Waals surface area (Å²) in [4.78, 5) is 0. The fraction of sp³-hybridized carbons (Fsp3) is 0.216. The highest BCUT2D eigenvalue weighted by atomic mass is 16.3. The molecular formula is C37H35N2O+. The first-order chi connectivity index (χ1) is 24.9. The van der Waals surface area contributed by atoms with Crippen molar-refractivity contribution in [3.63, 3.8) is 0 Å². The van der Waals surface area contributed by atoms with Gasteiger partial charge in [-0.15, -0.1) is 0 Å². The highest BCUT2D eigenvalue weighted by molar-refractivity contribution is 6.13. The van der Waals surface area contributed by atoms with Crippen molar-refractivity contribution in [2.24, 2.45) is 7.05 Å². The molecule has 0 aliphatic heterocycles. The number of hydrogen-bond donors (Lipinski definition) is 0. The third kappa shape index (κ3) is 3.54. The van der Waals surface area contributed by atoms with Crippen LogP contribution >= 0.6 is 0 Å². The van der Waals surface area contributed by atoms with Crippen molar-refractivity contribution >= 4 is 43.7 Å². The first-order valence-electron chi connectivity index (χ1n) is 19.9. The predicted molar refractivity (Wildman–Crippen MR) is 168 cm³/mol. The molecule has 0 amide bonds. The normalized spacial score (nSPS) is 19.1. The van der Waals surface area contributed by atoms with Crippen LogP contribution in [-0.2, 0) is 7.05 Å². The van der Waals surface area contributed by atoms with Crippen LogP contribution in [0, 0.1) is 6.92 Å². The lowest BCUT2D eigenvalue weighted by Crippen LogP contribution is -2.30. The van der Waals surface area contributed by atoms with E-state index in [0.29, 0.717) is 38.7 Å². The van der Waals surface area contributed by atoms with E-state index in [4.69, 9.17) is 20.9 Å². The molecule has 0 N–H and O–H groups in total. The molecule has 0 saturated heterocycles. The number of hydrogen-bond acceptors (Lipinski definition) is 1. The monoisotopic (exact) mass is 537 g/mol. The number of fused-ring (bicyclic) bond motifs is 5. The van der Waals surface area contributed by atoms with Crippen molar-refractivity contribution in [2.75, 3.05) is 0 Å². The Balaban J connectivity index is 1.75. The van der Waals surface area contributed by atoms with E-state index >= 15 is 0 Å². The molecule has 0 spiro atoms. The molecule has 0 fully saturated rings. The molecule has 0 radical (unpaired) electrons. The zero-order chi connectivity index (χ0) is 39.6. The Morgan fingerprint density at radius 1 is 0.775 bits per heavy atom. The van der Waals surface area contributed by atoms with Gasteiger partial charge < -0.3 is 4.42 Å². The molecule has 0 unspecified atom stereocenters. The molecule has 0 aliphatic carbocycles. The minimum absolute atomic E-state index is 0.230. The maximum Gasteiger partial charge on any atom is 0.299 e. The van der Waals surface area contributed by atoms with Gasteiger partial charge in [0, 0.05) is 41.1 Å². The smallest absolute Gasteiger partial charge is 0.299 e. The Labute approximate surface area is 255 Å². The number of aryl methyl sites for hydroxylation is 2. The number of nitrogens with zero attached hydrogens (tertiary/aromatic N) is 2. The molecule has 3 heteroatoms. The molecule has 0 bridgehead atoms. The van der Waals surface area contributed by atoms with E-state index in [1.54, 1.807) is 35.9 Å². The predicted octanol–water partition coefficient (Wildman–Crippen LogP) is 9.73. The van der Waals surface area contributed by atoms with Crippen LogP contribution in [0.3, 0.4) is 0 Å². The van der Waals surface area contributed by atoms with E-state index in [-0.39, 0.29) is 5.82 Å². The molecule has 0 saturated carbocycles.